The van der Waals surface area contributed by atoms with Crippen LogP contribution in [0.25, 0.3) is 0 Å². The normalized spacial score (nSPS) is 10.9. The molecular weight excluding hydrogens is 262 g/mol. The number of hydrogen-bond acceptors (Lipinski definition) is 4. The summed E-state index contributed by atoms with van der Waals surface area (Å²) in [5.74, 6) is 0. The zero-order valence-corrected chi connectivity index (χ0v) is 10.8. The Balaban J connectivity index is 2.22. The molecule has 1 aromatic heterocycles. The van der Waals surface area contributed by atoms with Crippen LogP contribution in [0.4, 0.5) is 0 Å². The van der Waals surface area contributed by atoms with Crippen molar-refractivity contribution < 1.29 is 8.42 Å². The number of sulfonamides is 1. The molecule has 0 aliphatic rings. The Hall–Kier alpha value is -2.23. The second-order valence-corrected chi connectivity index (χ2v) is 5.52. The zero-order chi connectivity index (χ0) is 13.7. The van der Waals surface area contributed by atoms with Crippen molar-refractivity contribution in [2.45, 2.75) is 11.4 Å². The maximum atomic E-state index is 12.1. The number of benzene rings is 1. The van der Waals surface area contributed by atoms with Crippen LogP contribution in [0.5, 0.6) is 0 Å². The number of hydrogen-bond donors (Lipinski definition) is 1. The molecule has 0 saturated heterocycles. The fourth-order valence-electron chi connectivity index (χ4n) is 1.55. The summed E-state index contributed by atoms with van der Waals surface area (Å²) in [4.78, 5) is 3.85. The van der Waals surface area contributed by atoms with E-state index < -0.39 is 10.0 Å². The molecule has 0 fully saturated rings. The smallest absolute Gasteiger partial charge is 0.242 e. The van der Waals surface area contributed by atoms with Gasteiger partial charge in [0, 0.05) is 18.9 Å². The van der Waals surface area contributed by atoms with Crippen LogP contribution in [0, 0.1) is 11.3 Å². The molecule has 5 nitrogen and oxygen atoms in total. The first kappa shape index (κ1) is 13.2. The van der Waals surface area contributed by atoms with Gasteiger partial charge in [0.1, 0.15) is 6.07 Å². The van der Waals surface area contributed by atoms with Crippen molar-refractivity contribution in [3.8, 4) is 6.07 Å². The standard InChI is InChI=1S/C13H11N3O2S/c14-9-12-3-1-2-4-13(12)19(17,18)16-10-11-5-7-15-8-6-11/h1-8,16H,10H2. The minimum Gasteiger partial charge on any atom is -0.265 e. The summed E-state index contributed by atoms with van der Waals surface area (Å²) in [6.45, 7) is 0.157. The highest BCUT2D eigenvalue weighted by Crippen LogP contribution is 2.14. The van der Waals surface area contributed by atoms with Crippen molar-refractivity contribution in [1.29, 1.82) is 5.26 Å². The molecule has 1 aromatic carbocycles. The van der Waals surface area contributed by atoms with Gasteiger partial charge < -0.3 is 0 Å². The molecule has 1 heterocycles. The van der Waals surface area contributed by atoms with Gasteiger partial charge in [0.05, 0.1) is 10.5 Å². The summed E-state index contributed by atoms with van der Waals surface area (Å²) >= 11 is 0. The summed E-state index contributed by atoms with van der Waals surface area (Å²) in [7, 11) is -3.69. The number of rotatable bonds is 4. The summed E-state index contributed by atoms with van der Waals surface area (Å²) in [5, 5.41) is 8.92. The lowest BCUT2D eigenvalue weighted by atomic mass is 10.2. The van der Waals surface area contributed by atoms with E-state index >= 15 is 0 Å². The van der Waals surface area contributed by atoms with Crippen LogP contribution < -0.4 is 4.72 Å². The van der Waals surface area contributed by atoms with Crippen LogP contribution in [0.3, 0.4) is 0 Å². The number of nitriles is 1. The van der Waals surface area contributed by atoms with E-state index in [1.54, 1.807) is 36.7 Å². The van der Waals surface area contributed by atoms with Crippen molar-refractivity contribution in [1.82, 2.24) is 9.71 Å². The maximum Gasteiger partial charge on any atom is 0.242 e. The molecule has 2 aromatic rings. The number of nitrogens with one attached hydrogen (secondary N) is 1. The lowest BCUT2D eigenvalue weighted by Gasteiger charge is -2.07. The van der Waals surface area contributed by atoms with Crippen LogP contribution in [0.2, 0.25) is 0 Å². The minimum absolute atomic E-state index is 0.00782. The molecule has 96 valence electrons. The molecule has 0 saturated carbocycles. The lowest BCUT2D eigenvalue weighted by molar-refractivity contribution is 0.581. The maximum absolute atomic E-state index is 12.1. The van der Waals surface area contributed by atoms with Gasteiger partial charge in [-0.25, -0.2) is 13.1 Å². The third kappa shape index (κ3) is 3.16. The molecular formula is C13H11N3O2S. The zero-order valence-electron chi connectivity index (χ0n) is 9.95. The second-order valence-electron chi connectivity index (χ2n) is 3.79. The monoisotopic (exact) mass is 273 g/mol. The average Bonchev–Trinajstić information content (AvgIpc) is 2.46. The number of aromatic nitrogens is 1. The Morgan fingerprint density at radius 1 is 1.16 bits per heavy atom. The van der Waals surface area contributed by atoms with E-state index in [1.807, 2.05) is 6.07 Å². The van der Waals surface area contributed by atoms with E-state index in [1.165, 1.54) is 12.1 Å². The molecule has 0 amide bonds. The van der Waals surface area contributed by atoms with Crippen LogP contribution in [0.1, 0.15) is 11.1 Å². The Kier molecular flexibility index (Phi) is 3.90. The predicted octanol–water partition coefficient (Wildman–Crippen LogP) is 1.43. The topological polar surface area (TPSA) is 82.8 Å². The number of pyridine rings is 1. The van der Waals surface area contributed by atoms with Gasteiger partial charge in [-0.2, -0.15) is 5.26 Å². The molecule has 0 spiro atoms. The van der Waals surface area contributed by atoms with Gasteiger partial charge in [-0.05, 0) is 29.8 Å². The van der Waals surface area contributed by atoms with E-state index in [9.17, 15) is 8.42 Å². The van der Waals surface area contributed by atoms with Gasteiger partial charge in [0.15, 0.2) is 0 Å². The molecule has 0 aliphatic heterocycles. The van der Waals surface area contributed by atoms with Gasteiger partial charge in [-0.15, -0.1) is 0 Å². The van der Waals surface area contributed by atoms with E-state index in [0.717, 1.165) is 5.56 Å². The number of nitrogens with zero attached hydrogens (tertiary/aromatic N) is 2. The highest BCUT2D eigenvalue weighted by molar-refractivity contribution is 7.89. The summed E-state index contributed by atoms with van der Waals surface area (Å²) in [5.41, 5.74) is 0.928. The van der Waals surface area contributed by atoms with Crippen molar-refractivity contribution >= 4 is 10.0 Å². The molecule has 0 atom stereocenters. The molecule has 6 heteroatoms. The van der Waals surface area contributed by atoms with Gasteiger partial charge in [0.2, 0.25) is 10.0 Å². The average molecular weight is 273 g/mol. The highest BCUT2D eigenvalue weighted by Gasteiger charge is 2.17. The Labute approximate surface area is 111 Å². The first-order chi connectivity index (χ1) is 9.13. The third-order valence-electron chi connectivity index (χ3n) is 2.51. The van der Waals surface area contributed by atoms with Gasteiger partial charge in [-0.1, -0.05) is 12.1 Å². The van der Waals surface area contributed by atoms with Crippen LogP contribution in [-0.4, -0.2) is 13.4 Å². The van der Waals surface area contributed by atoms with E-state index in [4.69, 9.17) is 5.26 Å². The van der Waals surface area contributed by atoms with Crippen molar-refractivity contribution in [3.05, 3.63) is 59.9 Å². The molecule has 0 bridgehead atoms. The SMILES string of the molecule is N#Cc1ccccc1S(=O)(=O)NCc1ccncc1. The van der Waals surface area contributed by atoms with Gasteiger partial charge in [-0.3, -0.25) is 4.98 Å². The van der Waals surface area contributed by atoms with Gasteiger partial charge >= 0.3 is 0 Å². The largest absolute Gasteiger partial charge is 0.265 e. The summed E-state index contributed by atoms with van der Waals surface area (Å²) in [6, 6.07) is 11.4. The quantitative estimate of drug-likeness (QED) is 0.913. The van der Waals surface area contributed by atoms with Crippen LogP contribution >= 0.6 is 0 Å². The van der Waals surface area contributed by atoms with E-state index in [0.29, 0.717) is 0 Å². The first-order valence-electron chi connectivity index (χ1n) is 5.51. The van der Waals surface area contributed by atoms with Crippen LogP contribution in [-0.2, 0) is 16.6 Å². The first-order valence-corrected chi connectivity index (χ1v) is 6.99. The Morgan fingerprint density at radius 2 is 1.84 bits per heavy atom. The van der Waals surface area contributed by atoms with E-state index in [-0.39, 0.29) is 17.0 Å². The van der Waals surface area contributed by atoms with Crippen molar-refractivity contribution in [2.75, 3.05) is 0 Å². The fraction of sp³-hybridized carbons (Fsp3) is 0.0769. The molecule has 0 radical (unpaired) electrons. The molecule has 2 rings (SSSR count). The van der Waals surface area contributed by atoms with Crippen molar-refractivity contribution in [2.24, 2.45) is 0 Å². The summed E-state index contributed by atoms with van der Waals surface area (Å²) < 4.78 is 26.7. The van der Waals surface area contributed by atoms with Gasteiger partial charge in [0.25, 0.3) is 0 Å². The molecule has 0 unspecified atom stereocenters. The minimum atomic E-state index is -3.69. The third-order valence-corrected chi connectivity index (χ3v) is 3.97. The molecule has 1 N–H and O–H groups in total. The Bertz CT molecular complexity index is 706. The molecule has 0 aliphatic carbocycles. The Morgan fingerprint density at radius 3 is 2.53 bits per heavy atom. The fourth-order valence-corrected chi connectivity index (χ4v) is 2.72. The van der Waals surface area contributed by atoms with Crippen molar-refractivity contribution in [3.63, 3.8) is 0 Å². The van der Waals surface area contributed by atoms with Crippen LogP contribution in [0.15, 0.2) is 53.7 Å². The van der Waals surface area contributed by atoms with E-state index in [2.05, 4.69) is 9.71 Å². The molecule has 19 heavy (non-hydrogen) atoms. The predicted molar refractivity (Wildman–Crippen MR) is 69.4 cm³/mol. The second kappa shape index (κ2) is 5.61. The summed E-state index contributed by atoms with van der Waals surface area (Å²) in [6.07, 6.45) is 3.18. The highest BCUT2D eigenvalue weighted by atomic mass is 32.2. The lowest BCUT2D eigenvalue weighted by Crippen LogP contribution is -2.24.